The van der Waals surface area contributed by atoms with Crippen LogP contribution in [0.1, 0.15) is 6.92 Å². The highest BCUT2D eigenvalue weighted by atomic mass is 35.5. The number of hydrogen-bond acceptors (Lipinski definition) is 4. The molecule has 1 amide bonds. The Morgan fingerprint density at radius 3 is 2.73 bits per heavy atom. The number of rotatable bonds is 1. The van der Waals surface area contributed by atoms with E-state index < -0.39 is 9.84 Å². The SMILES string of the molecule is CC(=O)N=C1S[C@@H]2CS(=O)(=O)C[C@@H]2N1c1ccc(Cl)cc1Cl. The Kier molecular flexibility index (Phi) is 4.18. The fourth-order valence-corrected chi connectivity index (χ4v) is 7.11. The molecule has 118 valence electrons. The molecule has 22 heavy (non-hydrogen) atoms. The second-order valence-corrected chi connectivity index (χ2v) is 9.38. The summed E-state index contributed by atoms with van der Waals surface area (Å²) >= 11 is 13.5. The first-order chi connectivity index (χ1) is 10.3. The van der Waals surface area contributed by atoms with Gasteiger partial charge in [-0.15, -0.1) is 0 Å². The largest absolute Gasteiger partial charge is 0.314 e. The number of carbonyl (C=O) groups excluding carboxylic acids is 1. The summed E-state index contributed by atoms with van der Waals surface area (Å²) in [5, 5.41) is 1.23. The highest BCUT2D eigenvalue weighted by Crippen LogP contribution is 2.43. The molecule has 2 aliphatic rings. The van der Waals surface area contributed by atoms with Gasteiger partial charge in [-0.2, -0.15) is 4.99 Å². The van der Waals surface area contributed by atoms with Gasteiger partial charge in [0.2, 0.25) is 5.91 Å². The van der Waals surface area contributed by atoms with Gasteiger partial charge in [0.15, 0.2) is 15.0 Å². The lowest BCUT2D eigenvalue weighted by Crippen LogP contribution is -2.37. The average molecular weight is 379 g/mol. The molecule has 3 rings (SSSR count). The maximum Gasteiger partial charge on any atom is 0.244 e. The number of halogens is 2. The number of thioether (sulfide) groups is 1. The highest BCUT2D eigenvalue weighted by molar-refractivity contribution is 8.16. The molecule has 1 aromatic rings. The third-order valence-corrected chi connectivity index (χ3v) is 7.24. The topological polar surface area (TPSA) is 66.8 Å². The molecule has 2 saturated heterocycles. The molecule has 2 aliphatic heterocycles. The minimum absolute atomic E-state index is 0.0283. The van der Waals surface area contributed by atoms with Crippen molar-refractivity contribution in [3.63, 3.8) is 0 Å². The number of amidine groups is 1. The van der Waals surface area contributed by atoms with Gasteiger partial charge < -0.3 is 4.90 Å². The van der Waals surface area contributed by atoms with E-state index in [1.54, 1.807) is 23.1 Å². The van der Waals surface area contributed by atoms with Crippen LogP contribution in [0.2, 0.25) is 10.0 Å². The Labute approximate surface area is 142 Å². The van der Waals surface area contributed by atoms with Crippen molar-refractivity contribution in [2.75, 3.05) is 16.4 Å². The van der Waals surface area contributed by atoms with Crippen molar-refractivity contribution in [3.8, 4) is 0 Å². The Hall–Kier alpha value is -0.760. The van der Waals surface area contributed by atoms with Crippen LogP contribution in [0, 0.1) is 0 Å². The molecule has 0 bridgehead atoms. The molecule has 0 aromatic heterocycles. The molecule has 1 aromatic carbocycles. The summed E-state index contributed by atoms with van der Waals surface area (Å²) in [5.74, 6) is -0.220. The van der Waals surface area contributed by atoms with Crippen LogP contribution in [0.5, 0.6) is 0 Å². The molecule has 0 unspecified atom stereocenters. The number of carbonyl (C=O) groups is 1. The van der Waals surface area contributed by atoms with Gasteiger partial charge in [0.25, 0.3) is 0 Å². The van der Waals surface area contributed by atoms with Crippen LogP contribution < -0.4 is 4.90 Å². The Morgan fingerprint density at radius 2 is 2.09 bits per heavy atom. The summed E-state index contributed by atoms with van der Waals surface area (Å²) in [6.07, 6.45) is 0. The van der Waals surface area contributed by atoms with Crippen LogP contribution >= 0.6 is 35.0 Å². The maximum absolute atomic E-state index is 11.9. The van der Waals surface area contributed by atoms with Gasteiger partial charge in [-0.3, -0.25) is 4.79 Å². The molecule has 5 nitrogen and oxygen atoms in total. The summed E-state index contributed by atoms with van der Waals surface area (Å²) in [5.41, 5.74) is 0.614. The molecule has 0 N–H and O–H groups in total. The first kappa shape index (κ1) is 16.1. The standard InChI is InChI=1S/C13H12Cl2N2O3S2/c1-7(18)16-13-17(10-3-2-8(14)4-9(10)15)11-5-22(19,20)6-12(11)21-13/h2-4,11-12H,5-6H2,1H3/t11-,12+/m0/s1. The molecule has 0 saturated carbocycles. The number of fused-ring (bicyclic) bond motifs is 1. The van der Waals surface area contributed by atoms with Crippen molar-refractivity contribution in [1.82, 2.24) is 0 Å². The number of hydrogen-bond donors (Lipinski definition) is 0. The van der Waals surface area contributed by atoms with Crippen molar-refractivity contribution in [2.24, 2.45) is 4.99 Å². The zero-order valence-electron chi connectivity index (χ0n) is 11.5. The van der Waals surface area contributed by atoms with Crippen LogP contribution in [0.3, 0.4) is 0 Å². The zero-order chi connectivity index (χ0) is 16.1. The first-order valence-corrected chi connectivity index (χ1v) is 9.93. The normalized spacial score (nSPS) is 28.1. The van der Waals surface area contributed by atoms with E-state index in [2.05, 4.69) is 4.99 Å². The summed E-state index contributed by atoms with van der Waals surface area (Å²) in [4.78, 5) is 17.1. The van der Waals surface area contributed by atoms with E-state index in [0.29, 0.717) is 20.9 Å². The van der Waals surface area contributed by atoms with Crippen molar-refractivity contribution < 1.29 is 13.2 Å². The van der Waals surface area contributed by atoms with E-state index in [4.69, 9.17) is 23.2 Å². The van der Waals surface area contributed by atoms with E-state index in [-0.39, 0.29) is 28.7 Å². The molecular weight excluding hydrogens is 367 g/mol. The number of sulfone groups is 1. The van der Waals surface area contributed by atoms with E-state index in [0.717, 1.165) is 0 Å². The number of aliphatic imine (C=N–C) groups is 1. The fraction of sp³-hybridized carbons (Fsp3) is 0.385. The van der Waals surface area contributed by atoms with Crippen LogP contribution in [0.25, 0.3) is 0 Å². The molecule has 2 heterocycles. The van der Waals surface area contributed by atoms with Crippen LogP contribution in [-0.4, -0.2) is 42.3 Å². The average Bonchev–Trinajstić information content (AvgIpc) is 2.81. The van der Waals surface area contributed by atoms with Gasteiger partial charge in [0.1, 0.15) is 0 Å². The number of amides is 1. The third-order valence-electron chi connectivity index (χ3n) is 3.49. The van der Waals surface area contributed by atoms with Crippen molar-refractivity contribution >= 4 is 61.6 Å². The lowest BCUT2D eigenvalue weighted by molar-refractivity contribution is -0.115. The Bertz CT molecular complexity index is 779. The predicted octanol–water partition coefficient (Wildman–Crippen LogP) is 2.61. The molecule has 2 atom stereocenters. The van der Waals surface area contributed by atoms with Crippen LogP contribution in [-0.2, 0) is 14.6 Å². The molecular formula is C13H12Cl2N2O3S2. The number of benzene rings is 1. The summed E-state index contributed by atoms with van der Waals surface area (Å²) in [7, 11) is -3.09. The van der Waals surface area contributed by atoms with E-state index in [1.165, 1.54) is 18.7 Å². The van der Waals surface area contributed by atoms with Gasteiger partial charge in [-0.25, -0.2) is 8.42 Å². The predicted molar refractivity (Wildman–Crippen MR) is 90.9 cm³/mol. The minimum Gasteiger partial charge on any atom is -0.314 e. The smallest absolute Gasteiger partial charge is 0.244 e. The summed E-state index contributed by atoms with van der Waals surface area (Å²) in [6, 6.07) is 4.71. The quantitative estimate of drug-likeness (QED) is 0.751. The van der Waals surface area contributed by atoms with E-state index in [9.17, 15) is 13.2 Å². The first-order valence-electron chi connectivity index (χ1n) is 6.47. The lowest BCUT2D eigenvalue weighted by atomic mass is 10.2. The molecule has 0 aliphatic carbocycles. The van der Waals surface area contributed by atoms with Gasteiger partial charge in [0, 0.05) is 17.2 Å². The molecule has 2 fully saturated rings. The number of anilines is 1. The second-order valence-electron chi connectivity index (χ2n) is 5.18. The van der Waals surface area contributed by atoms with Crippen molar-refractivity contribution in [3.05, 3.63) is 28.2 Å². The van der Waals surface area contributed by atoms with Gasteiger partial charge in [-0.1, -0.05) is 35.0 Å². The third kappa shape index (κ3) is 2.99. The van der Waals surface area contributed by atoms with Crippen molar-refractivity contribution in [2.45, 2.75) is 18.2 Å². The van der Waals surface area contributed by atoms with E-state index >= 15 is 0 Å². The molecule has 0 spiro atoms. The monoisotopic (exact) mass is 378 g/mol. The molecule has 9 heteroatoms. The van der Waals surface area contributed by atoms with Gasteiger partial charge >= 0.3 is 0 Å². The lowest BCUT2D eigenvalue weighted by Gasteiger charge is -2.25. The Morgan fingerprint density at radius 1 is 1.36 bits per heavy atom. The van der Waals surface area contributed by atoms with Crippen LogP contribution in [0.4, 0.5) is 5.69 Å². The van der Waals surface area contributed by atoms with E-state index in [1.807, 2.05) is 0 Å². The summed E-state index contributed by atoms with van der Waals surface area (Å²) in [6.45, 7) is 1.36. The minimum atomic E-state index is -3.09. The van der Waals surface area contributed by atoms with Gasteiger partial charge in [0.05, 0.1) is 28.3 Å². The highest BCUT2D eigenvalue weighted by Gasteiger charge is 2.49. The Balaban J connectivity index is 2.08. The maximum atomic E-state index is 11.9. The summed E-state index contributed by atoms with van der Waals surface area (Å²) < 4.78 is 23.8. The van der Waals surface area contributed by atoms with Crippen molar-refractivity contribution in [1.29, 1.82) is 0 Å². The second kappa shape index (κ2) is 5.70. The zero-order valence-corrected chi connectivity index (χ0v) is 14.6. The van der Waals surface area contributed by atoms with Crippen LogP contribution in [0.15, 0.2) is 23.2 Å². The fourth-order valence-electron chi connectivity index (χ4n) is 2.66. The van der Waals surface area contributed by atoms with Gasteiger partial charge in [-0.05, 0) is 18.2 Å². The number of nitrogens with zero attached hydrogens (tertiary/aromatic N) is 2. The molecule has 0 radical (unpaired) electrons.